The molecule has 2 heteroatoms. The van der Waals surface area contributed by atoms with Gasteiger partial charge in [0.1, 0.15) is 0 Å². The predicted octanol–water partition coefficient (Wildman–Crippen LogP) is 3.56. The number of carbonyl (C=O) groups is 1. The summed E-state index contributed by atoms with van der Waals surface area (Å²) >= 11 is 0. The van der Waals surface area contributed by atoms with Crippen molar-refractivity contribution in [2.75, 3.05) is 0 Å². The summed E-state index contributed by atoms with van der Waals surface area (Å²) in [7, 11) is 0. The molecule has 3 rings (SSSR count). The van der Waals surface area contributed by atoms with Gasteiger partial charge in [-0.3, -0.25) is 4.79 Å². The van der Waals surface area contributed by atoms with E-state index in [9.17, 15) is 4.79 Å². The van der Waals surface area contributed by atoms with Crippen LogP contribution in [0.5, 0.6) is 0 Å². The zero-order valence-electron chi connectivity index (χ0n) is 12.3. The highest BCUT2D eigenvalue weighted by Gasteiger charge is 2.16. The molecule has 0 radical (unpaired) electrons. The Labute approximate surface area is 122 Å². The Morgan fingerprint density at radius 2 is 1.75 bits per heavy atom. The largest absolute Gasteiger partial charge is 0.353 e. The molecule has 0 saturated heterocycles. The van der Waals surface area contributed by atoms with Gasteiger partial charge in [0, 0.05) is 6.04 Å². The van der Waals surface area contributed by atoms with Crippen LogP contribution in [0.3, 0.4) is 0 Å². The first kappa shape index (κ1) is 13.7. The van der Waals surface area contributed by atoms with E-state index in [-0.39, 0.29) is 5.91 Å². The van der Waals surface area contributed by atoms with E-state index in [2.05, 4.69) is 23.5 Å². The van der Waals surface area contributed by atoms with Crippen molar-refractivity contribution < 1.29 is 4.79 Å². The van der Waals surface area contributed by atoms with E-state index in [1.807, 2.05) is 0 Å². The summed E-state index contributed by atoms with van der Waals surface area (Å²) in [6.07, 6.45) is 11.7. The molecule has 2 aliphatic rings. The Hall–Kier alpha value is -1.31. The summed E-state index contributed by atoms with van der Waals surface area (Å²) in [5, 5.41) is 3.21. The third-order valence-electron chi connectivity index (χ3n) is 4.75. The van der Waals surface area contributed by atoms with Crippen molar-refractivity contribution in [3.05, 3.63) is 34.9 Å². The van der Waals surface area contributed by atoms with Crippen LogP contribution in [0, 0.1) is 0 Å². The van der Waals surface area contributed by atoms with Crippen LogP contribution in [0.1, 0.15) is 61.6 Å². The average molecular weight is 271 g/mol. The molecule has 0 unspecified atom stereocenters. The van der Waals surface area contributed by atoms with Crippen LogP contribution < -0.4 is 5.32 Å². The van der Waals surface area contributed by atoms with E-state index in [1.54, 1.807) is 0 Å². The maximum Gasteiger partial charge on any atom is 0.224 e. The summed E-state index contributed by atoms with van der Waals surface area (Å²) in [5.74, 6) is 0.202. The maximum atomic E-state index is 12.1. The van der Waals surface area contributed by atoms with Gasteiger partial charge in [-0.2, -0.15) is 0 Å². The minimum atomic E-state index is 0.202. The number of amides is 1. The van der Waals surface area contributed by atoms with Crippen molar-refractivity contribution in [3.8, 4) is 0 Å². The van der Waals surface area contributed by atoms with Crippen molar-refractivity contribution in [2.45, 2.75) is 70.3 Å². The number of nitrogens with one attached hydrogen (secondary N) is 1. The monoisotopic (exact) mass is 271 g/mol. The first-order chi connectivity index (χ1) is 9.81. The zero-order chi connectivity index (χ0) is 13.8. The fraction of sp³-hybridized carbons (Fsp3) is 0.611. The number of carbonyl (C=O) groups excluding carboxylic acids is 1. The molecule has 0 heterocycles. The van der Waals surface area contributed by atoms with Crippen molar-refractivity contribution in [1.82, 2.24) is 5.32 Å². The summed E-state index contributed by atoms with van der Waals surface area (Å²) in [6.45, 7) is 0. The lowest BCUT2D eigenvalue weighted by Gasteiger charge is -2.23. The SMILES string of the molecule is O=C(Cc1ccc2c(c1)CCCC2)NC1CCCCC1. The molecule has 0 spiro atoms. The van der Waals surface area contributed by atoms with Crippen LogP contribution in [0.15, 0.2) is 18.2 Å². The van der Waals surface area contributed by atoms with Crippen LogP contribution in [0.2, 0.25) is 0 Å². The Morgan fingerprint density at radius 3 is 2.55 bits per heavy atom. The highest BCUT2D eigenvalue weighted by molar-refractivity contribution is 5.79. The van der Waals surface area contributed by atoms with Crippen LogP contribution in [0.25, 0.3) is 0 Å². The molecule has 1 saturated carbocycles. The third-order valence-corrected chi connectivity index (χ3v) is 4.75. The van der Waals surface area contributed by atoms with Crippen LogP contribution in [-0.4, -0.2) is 11.9 Å². The van der Waals surface area contributed by atoms with Gasteiger partial charge in [0.25, 0.3) is 0 Å². The molecule has 1 aromatic rings. The molecule has 0 atom stereocenters. The molecule has 1 amide bonds. The summed E-state index contributed by atoms with van der Waals surface area (Å²) in [6, 6.07) is 7.06. The number of benzene rings is 1. The molecule has 20 heavy (non-hydrogen) atoms. The first-order valence-electron chi connectivity index (χ1n) is 8.21. The van der Waals surface area contributed by atoms with E-state index >= 15 is 0 Å². The molecule has 0 aromatic heterocycles. The minimum Gasteiger partial charge on any atom is -0.353 e. The fourth-order valence-corrected chi connectivity index (χ4v) is 3.61. The van der Waals surface area contributed by atoms with Crippen molar-refractivity contribution in [2.24, 2.45) is 0 Å². The van der Waals surface area contributed by atoms with Crippen LogP contribution in [-0.2, 0) is 24.1 Å². The van der Waals surface area contributed by atoms with Gasteiger partial charge in [0.05, 0.1) is 6.42 Å². The molecule has 0 aliphatic heterocycles. The molecule has 2 nitrogen and oxygen atoms in total. The second-order valence-corrected chi connectivity index (χ2v) is 6.39. The summed E-state index contributed by atoms with van der Waals surface area (Å²) in [4.78, 5) is 12.1. The lowest BCUT2D eigenvalue weighted by molar-refractivity contribution is -0.121. The van der Waals surface area contributed by atoms with Gasteiger partial charge in [-0.15, -0.1) is 0 Å². The van der Waals surface area contributed by atoms with E-state index < -0.39 is 0 Å². The Morgan fingerprint density at radius 1 is 1.00 bits per heavy atom. The summed E-state index contributed by atoms with van der Waals surface area (Å²) in [5.41, 5.74) is 4.14. The van der Waals surface area contributed by atoms with E-state index in [1.165, 1.54) is 61.6 Å². The standard InChI is InChI=1S/C18H25NO/c20-18(19-17-8-2-1-3-9-17)13-14-10-11-15-6-4-5-7-16(15)12-14/h10-12,17H,1-9,13H2,(H,19,20). The first-order valence-corrected chi connectivity index (χ1v) is 8.21. The average Bonchev–Trinajstić information content (AvgIpc) is 2.48. The van der Waals surface area contributed by atoms with Crippen molar-refractivity contribution >= 4 is 5.91 Å². The normalized spacial score (nSPS) is 19.4. The van der Waals surface area contributed by atoms with Crippen molar-refractivity contribution in [3.63, 3.8) is 0 Å². The van der Waals surface area contributed by atoms with E-state index in [0.717, 1.165) is 12.8 Å². The van der Waals surface area contributed by atoms with Gasteiger partial charge in [-0.25, -0.2) is 0 Å². The highest BCUT2D eigenvalue weighted by Crippen LogP contribution is 2.22. The molecule has 108 valence electrons. The number of fused-ring (bicyclic) bond motifs is 1. The molecular formula is C18H25NO. The second kappa shape index (κ2) is 6.43. The Kier molecular flexibility index (Phi) is 4.39. The van der Waals surface area contributed by atoms with Gasteiger partial charge in [-0.1, -0.05) is 37.5 Å². The molecule has 1 fully saturated rings. The van der Waals surface area contributed by atoms with Crippen molar-refractivity contribution in [1.29, 1.82) is 0 Å². The number of hydrogen-bond acceptors (Lipinski definition) is 1. The Balaban J connectivity index is 1.58. The van der Waals surface area contributed by atoms with Crippen LogP contribution in [0.4, 0.5) is 0 Å². The molecular weight excluding hydrogens is 246 g/mol. The number of aryl methyl sites for hydroxylation is 2. The number of rotatable bonds is 3. The van der Waals surface area contributed by atoms with Gasteiger partial charge in [-0.05, 0) is 55.2 Å². The number of hydrogen-bond donors (Lipinski definition) is 1. The van der Waals surface area contributed by atoms with Gasteiger partial charge < -0.3 is 5.32 Å². The lowest BCUT2D eigenvalue weighted by Crippen LogP contribution is -2.37. The fourth-order valence-electron chi connectivity index (χ4n) is 3.61. The van der Waals surface area contributed by atoms with Gasteiger partial charge in [0.15, 0.2) is 0 Å². The molecule has 2 aliphatic carbocycles. The van der Waals surface area contributed by atoms with E-state index in [4.69, 9.17) is 0 Å². The summed E-state index contributed by atoms with van der Waals surface area (Å²) < 4.78 is 0. The quantitative estimate of drug-likeness (QED) is 0.895. The Bertz CT molecular complexity index is 474. The van der Waals surface area contributed by atoms with E-state index in [0.29, 0.717) is 12.5 Å². The molecule has 1 aromatic carbocycles. The third kappa shape index (κ3) is 3.41. The maximum absolute atomic E-state index is 12.1. The minimum absolute atomic E-state index is 0.202. The predicted molar refractivity (Wildman–Crippen MR) is 81.8 cm³/mol. The van der Waals surface area contributed by atoms with Crippen LogP contribution >= 0.6 is 0 Å². The zero-order valence-corrected chi connectivity index (χ0v) is 12.3. The second-order valence-electron chi connectivity index (χ2n) is 6.39. The lowest BCUT2D eigenvalue weighted by atomic mass is 9.90. The topological polar surface area (TPSA) is 29.1 Å². The van der Waals surface area contributed by atoms with Gasteiger partial charge >= 0.3 is 0 Å². The molecule has 0 bridgehead atoms. The molecule has 1 N–H and O–H groups in total. The smallest absolute Gasteiger partial charge is 0.224 e. The highest BCUT2D eigenvalue weighted by atomic mass is 16.1. The van der Waals surface area contributed by atoms with Gasteiger partial charge in [0.2, 0.25) is 5.91 Å².